The Balaban J connectivity index is 2.49. The lowest BCUT2D eigenvalue weighted by Crippen LogP contribution is -2.52. The van der Waals surface area contributed by atoms with Crippen LogP contribution >= 0.6 is 0 Å². The quantitative estimate of drug-likeness (QED) is 0.622. The molecule has 0 amide bonds. The van der Waals surface area contributed by atoms with Crippen molar-refractivity contribution in [2.45, 2.75) is 25.9 Å². The summed E-state index contributed by atoms with van der Waals surface area (Å²) < 4.78 is 4.95. The summed E-state index contributed by atoms with van der Waals surface area (Å²) in [6.45, 7) is 6.04. The zero-order valence-corrected chi connectivity index (χ0v) is 8.54. The van der Waals surface area contributed by atoms with Crippen LogP contribution in [0.1, 0.15) is 13.8 Å². The number of rotatable bonds is 3. The maximum atomic E-state index is 11.0. The molecule has 1 saturated heterocycles. The Bertz CT molecular complexity index is 184. The number of nitrogens with one attached hydrogen (secondary N) is 1. The van der Waals surface area contributed by atoms with E-state index < -0.39 is 0 Å². The van der Waals surface area contributed by atoms with Gasteiger partial charge in [0.05, 0.1) is 6.54 Å². The van der Waals surface area contributed by atoms with E-state index >= 15 is 0 Å². The molecule has 1 aliphatic rings. The van der Waals surface area contributed by atoms with Crippen molar-refractivity contribution in [3.8, 4) is 0 Å². The van der Waals surface area contributed by atoms with Gasteiger partial charge in [-0.05, 0) is 20.9 Å². The average molecular weight is 186 g/mol. The van der Waals surface area contributed by atoms with E-state index in [4.69, 9.17) is 4.74 Å². The maximum absolute atomic E-state index is 11.0. The van der Waals surface area contributed by atoms with Crippen molar-refractivity contribution < 1.29 is 9.53 Å². The van der Waals surface area contributed by atoms with E-state index in [1.807, 2.05) is 7.05 Å². The molecule has 76 valence electrons. The van der Waals surface area contributed by atoms with Crippen molar-refractivity contribution in [1.29, 1.82) is 0 Å². The molecule has 1 fully saturated rings. The largest absolute Gasteiger partial charge is 0.463 e. The molecule has 4 heteroatoms. The molecule has 0 spiro atoms. The van der Waals surface area contributed by atoms with Crippen molar-refractivity contribution in [3.63, 3.8) is 0 Å². The molecular formula is C9H18N2O2. The minimum atomic E-state index is -0.110. The number of hydrogen-bond donors (Lipinski definition) is 1. The third-order valence-corrected chi connectivity index (χ3v) is 2.43. The Morgan fingerprint density at radius 2 is 2.46 bits per heavy atom. The summed E-state index contributed by atoms with van der Waals surface area (Å²) >= 11 is 0. The average Bonchev–Trinajstić information content (AvgIpc) is 2.09. The van der Waals surface area contributed by atoms with E-state index in [2.05, 4.69) is 24.1 Å². The SMILES string of the molecule is CNCC(C)N1CC(=O)OCC1C. The highest BCUT2D eigenvalue weighted by atomic mass is 16.5. The van der Waals surface area contributed by atoms with Crippen LogP contribution in [0.3, 0.4) is 0 Å². The van der Waals surface area contributed by atoms with Crippen LogP contribution in [0.2, 0.25) is 0 Å². The van der Waals surface area contributed by atoms with Gasteiger partial charge in [0.25, 0.3) is 0 Å². The van der Waals surface area contributed by atoms with E-state index in [9.17, 15) is 4.79 Å². The second-order valence-electron chi connectivity index (χ2n) is 3.61. The van der Waals surface area contributed by atoms with E-state index in [0.717, 1.165) is 6.54 Å². The summed E-state index contributed by atoms with van der Waals surface area (Å²) in [7, 11) is 1.92. The fourth-order valence-corrected chi connectivity index (χ4v) is 1.66. The second-order valence-corrected chi connectivity index (χ2v) is 3.61. The third-order valence-electron chi connectivity index (χ3n) is 2.43. The van der Waals surface area contributed by atoms with Crippen molar-refractivity contribution >= 4 is 5.97 Å². The molecule has 1 rings (SSSR count). The molecule has 0 aromatic carbocycles. The molecule has 1 heterocycles. The Kier molecular flexibility index (Phi) is 3.69. The minimum absolute atomic E-state index is 0.110. The first kappa shape index (κ1) is 10.5. The number of cyclic esters (lactones) is 1. The molecule has 0 bridgehead atoms. The molecule has 0 aromatic heterocycles. The summed E-state index contributed by atoms with van der Waals surface area (Å²) in [5.41, 5.74) is 0. The number of nitrogens with zero attached hydrogens (tertiary/aromatic N) is 1. The fourth-order valence-electron chi connectivity index (χ4n) is 1.66. The molecule has 2 unspecified atom stereocenters. The summed E-state index contributed by atoms with van der Waals surface area (Å²) in [5, 5.41) is 3.11. The normalized spacial score (nSPS) is 27.0. The lowest BCUT2D eigenvalue weighted by molar-refractivity contribution is -0.155. The van der Waals surface area contributed by atoms with Crippen LogP contribution < -0.4 is 5.32 Å². The molecule has 4 nitrogen and oxygen atoms in total. The van der Waals surface area contributed by atoms with Crippen LogP contribution in [0.25, 0.3) is 0 Å². The van der Waals surface area contributed by atoms with Gasteiger partial charge in [0, 0.05) is 18.6 Å². The van der Waals surface area contributed by atoms with E-state index in [0.29, 0.717) is 25.2 Å². The topological polar surface area (TPSA) is 41.6 Å². The van der Waals surface area contributed by atoms with Crippen molar-refractivity contribution in [1.82, 2.24) is 10.2 Å². The van der Waals surface area contributed by atoms with Crippen LogP contribution in [-0.2, 0) is 9.53 Å². The number of carbonyl (C=O) groups is 1. The monoisotopic (exact) mass is 186 g/mol. The van der Waals surface area contributed by atoms with Gasteiger partial charge in [-0.15, -0.1) is 0 Å². The van der Waals surface area contributed by atoms with Crippen molar-refractivity contribution in [3.05, 3.63) is 0 Å². The van der Waals surface area contributed by atoms with Crippen molar-refractivity contribution in [2.75, 3.05) is 26.7 Å². The molecule has 1 N–H and O–H groups in total. The standard InChI is InChI=1S/C9H18N2O2/c1-7(4-10-3)11-5-9(12)13-6-8(11)2/h7-8,10H,4-6H2,1-3H3. The van der Waals surface area contributed by atoms with E-state index in [1.54, 1.807) is 0 Å². The van der Waals surface area contributed by atoms with E-state index in [-0.39, 0.29) is 5.97 Å². The lowest BCUT2D eigenvalue weighted by atomic mass is 10.2. The van der Waals surface area contributed by atoms with Gasteiger partial charge < -0.3 is 10.1 Å². The highest BCUT2D eigenvalue weighted by Crippen LogP contribution is 2.10. The number of carbonyl (C=O) groups excluding carboxylic acids is 1. The number of morpholine rings is 1. The maximum Gasteiger partial charge on any atom is 0.320 e. The molecule has 0 radical (unpaired) electrons. The Labute approximate surface area is 79.2 Å². The predicted molar refractivity (Wildman–Crippen MR) is 50.5 cm³/mol. The smallest absolute Gasteiger partial charge is 0.320 e. The molecule has 0 aliphatic carbocycles. The van der Waals surface area contributed by atoms with E-state index in [1.165, 1.54) is 0 Å². The first-order chi connectivity index (χ1) is 6.15. The van der Waals surface area contributed by atoms with Crippen LogP contribution in [-0.4, -0.2) is 49.7 Å². The van der Waals surface area contributed by atoms with Crippen molar-refractivity contribution in [2.24, 2.45) is 0 Å². The van der Waals surface area contributed by atoms with Gasteiger partial charge in [-0.25, -0.2) is 0 Å². The van der Waals surface area contributed by atoms with Crippen LogP contribution in [0.4, 0.5) is 0 Å². The number of hydrogen-bond acceptors (Lipinski definition) is 4. The van der Waals surface area contributed by atoms with Crippen LogP contribution in [0.5, 0.6) is 0 Å². The fraction of sp³-hybridized carbons (Fsp3) is 0.889. The van der Waals surface area contributed by atoms with Gasteiger partial charge in [0.2, 0.25) is 0 Å². The van der Waals surface area contributed by atoms with Gasteiger partial charge in [0.15, 0.2) is 0 Å². The van der Waals surface area contributed by atoms with Gasteiger partial charge in [-0.3, -0.25) is 9.69 Å². The highest BCUT2D eigenvalue weighted by Gasteiger charge is 2.27. The molecule has 13 heavy (non-hydrogen) atoms. The van der Waals surface area contributed by atoms with Crippen LogP contribution in [0, 0.1) is 0 Å². The Hall–Kier alpha value is -0.610. The molecule has 2 atom stereocenters. The third kappa shape index (κ3) is 2.67. The number of ether oxygens (including phenoxy) is 1. The summed E-state index contributed by atoms with van der Waals surface area (Å²) in [5.74, 6) is -0.110. The molecular weight excluding hydrogens is 168 g/mol. The van der Waals surface area contributed by atoms with Gasteiger partial charge in [-0.2, -0.15) is 0 Å². The Morgan fingerprint density at radius 1 is 1.77 bits per heavy atom. The molecule has 1 aliphatic heterocycles. The zero-order chi connectivity index (χ0) is 9.84. The number of esters is 1. The van der Waals surface area contributed by atoms with Gasteiger partial charge >= 0.3 is 5.97 Å². The lowest BCUT2D eigenvalue weighted by Gasteiger charge is -2.36. The predicted octanol–water partition coefficient (Wildman–Crippen LogP) is -0.158. The summed E-state index contributed by atoms with van der Waals surface area (Å²) in [4.78, 5) is 13.2. The zero-order valence-electron chi connectivity index (χ0n) is 8.54. The van der Waals surface area contributed by atoms with Gasteiger partial charge in [-0.1, -0.05) is 0 Å². The first-order valence-electron chi connectivity index (χ1n) is 4.71. The summed E-state index contributed by atoms with van der Waals surface area (Å²) in [6, 6.07) is 0.717. The summed E-state index contributed by atoms with van der Waals surface area (Å²) in [6.07, 6.45) is 0. The second kappa shape index (κ2) is 4.58. The Morgan fingerprint density at radius 3 is 3.08 bits per heavy atom. The molecule has 0 saturated carbocycles. The minimum Gasteiger partial charge on any atom is -0.463 e. The molecule has 0 aromatic rings. The highest BCUT2D eigenvalue weighted by molar-refractivity contribution is 5.72. The van der Waals surface area contributed by atoms with Gasteiger partial charge in [0.1, 0.15) is 6.61 Å². The first-order valence-corrected chi connectivity index (χ1v) is 4.71. The van der Waals surface area contributed by atoms with Crippen LogP contribution in [0.15, 0.2) is 0 Å². The number of likely N-dealkylation sites (N-methyl/N-ethyl adjacent to an activating group) is 1.